The quantitative estimate of drug-likeness (QED) is 0.171. The lowest BCUT2D eigenvalue weighted by Crippen LogP contribution is -2.04. The van der Waals surface area contributed by atoms with Crippen molar-refractivity contribution in [3.63, 3.8) is 0 Å². The van der Waals surface area contributed by atoms with E-state index in [2.05, 4.69) is 167 Å². The van der Waals surface area contributed by atoms with E-state index in [-0.39, 0.29) is 0 Å². The molecule has 0 unspecified atom stereocenters. The molecule has 0 aliphatic rings. The van der Waals surface area contributed by atoms with Crippen LogP contribution in [0.2, 0.25) is 0 Å². The van der Waals surface area contributed by atoms with Gasteiger partial charge in [-0.25, -0.2) is 9.97 Å². The topological polar surface area (TPSA) is 59.4 Å². The van der Waals surface area contributed by atoms with Gasteiger partial charge in [0.1, 0.15) is 0 Å². The first-order valence-corrected chi connectivity index (χ1v) is 19.4. The monoisotopic (exact) mass is 739 g/mol. The highest BCUT2D eigenvalue weighted by Crippen LogP contribution is 2.38. The summed E-state index contributed by atoms with van der Waals surface area (Å²) in [6, 6.07) is 72.1. The van der Waals surface area contributed by atoms with Crippen molar-refractivity contribution in [2.24, 2.45) is 0 Å². The van der Waals surface area contributed by atoms with Crippen LogP contribution in [0.4, 0.5) is 0 Å². The number of hydrogen-bond acceptors (Lipinski definition) is 3. The Morgan fingerprint density at radius 2 is 0.845 bits per heavy atom. The highest BCUT2D eigenvalue weighted by molar-refractivity contribution is 6.11. The van der Waals surface area contributed by atoms with Crippen molar-refractivity contribution in [1.29, 1.82) is 5.26 Å². The van der Waals surface area contributed by atoms with Crippen molar-refractivity contribution in [2.75, 3.05) is 0 Å². The maximum Gasteiger partial charge on any atom is 0.235 e. The Kier molecular flexibility index (Phi) is 7.80. The van der Waals surface area contributed by atoms with Gasteiger partial charge in [-0.1, -0.05) is 140 Å². The van der Waals surface area contributed by atoms with E-state index in [9.17, 15) is 5.26 Å². The van der Waals surface area contributed by atoms with Crippen molar-refractivity contribution in [2.45, 2.75) is 0 Å². The fourth-order valence-corrected chi connectivity index (χ4v) is 8.46. The second-order valence-corrected chi connectivity index (χ2v) is 14.5. The first kappa shape index (κ1) is 33.3. The largest absolute Gasteiger partial charge is 0.309 e. The summed E-state index contributed by atoms with van der Waals surface area (Å²) in [6.07, 6.45) is 0. The number of nitrogens with zero attached hydrogens (tertiary/aromatic N) is 5. The minimum Gasteiger partial charge on any atom is -0.309 e. The first-order valence-electron chi connectivity index (χ1n) is 19.4. The molecule has 0 bridgehead atoms. The van der Waals surface area contributed by atoms with Gasteiger partial charge in [0.05, 0.1) is 45.1 Å². The molecule has 0 amide bonds. The summed E-state index contributed by atoms with van der Waals surface area (Å²) in [5.41, 5.74) is 14.0. The molecule has 0 aliphatic carbocycles. The fourth-order valence-electron chi connectivity index (χ4n) is 8.46. The SMILES string of the molecule is N#Cc1ccccc1-c1cc(-c2ccccc2)nc(-n2c3ccccc3c3cc(-c4ccc(-c5ccc6c(c5)c5ccccc5n6-c5ccccc5)cc4)ccc32)n1. The Labute approximate surface area is 335 Å². The molecular weight excluding hydrogens is 707 g/mol. The predicted octanol–water partition coefficient (Wildman–Crippen LogP) is 13.2. The molecule has 270 valence electrons. The average molecular weight is 740 g/mol. The van der Waals surface area contributed by atoms with E-state index in [1.54, 1.807) is 0 Å². The zero-order valence-corrected chi connectivity index (χ0v) is 31.3. The highest BCUT2D eigenvalue weighted by atomic mass is 15.2. The minimum absolute atomic E-state index is 0.552. The molecule has 3 heterocycles. The van der Waals surface area contributed by atoms with Crippen molar-refractivity contribution in [3.8, 4) is 62.5 Å². The first-order chi connectivity index (χ1) is 28.7. The Balaban J connectivity index is 1.01. The molecule has 11 rings (SSSR count). The lowest BCUT2D eigenvalue weighted by atomic mass is 9.98. The predicted molar refractivity (Wildman–Crippen MR) is 237 cm³/mol. The molecule has 5 heteroatoms. The van der Waals surface area contributed by atoms with Crippen LogP contribution in [0, 0.1) is 11.3 Å². The summed E-state index contributed by atoms with van der Waals surface area (Å²) in [5, 5.41) is 14.7. The molecule has 0 fully saturated rings. The Morgan fingerprint density at radius 1 is 0.362 bits per heavy atom. The molecule has 0 atom stereocenters. The summed E-state index contributed by atoms with van der Waals surface area (Å²) in [4.78, 5) is 10.3. The number of fused-ring (bicyclic) bond motifs is 6. The summed E-state index contributed by atoms with van der Waals surface area (Å²) in [7, 11) is 0. The van der Waals surface area contributed by atoms with E-state index < -0.39 is 0 Å². The van der Waals surface area contributed by atoms with Gasteiger partial charge in [-0.15, -0.1) is 0 Å². The van der Waals surface area contributed by atoms with Gasteiger partial charge >= 0.3 is 0 Å². The number of hydrogen-bond donors (Lipinski definition) is 0. The van der Waals surface area contributed by atoms with Crippen LogP contribution in [0.1, 0.15) is 5.56 Å². The molecule has 11 aromatic rings. The zero-order valence-electron chi connectivity index (χ0n) is 31.3. The second kappa shape index (κ2) is 13.6. The van der Waals surface area contributed by atoms with Gasteiger partial charge in [-0.2, -0.15) is 5.26 Å². The van der Waals surface area contributed by atoms with E-state index >= 15 is 0 Å². The number of aromatic nitrogens is 4. The van der Waals surface area contributed by atoms with Crippen molar-refractivity contribution >= 4 is 43.6 Å². The van der Waals surface area contributed by atoms with Crippen LogP contribution < -0.4 is 0 Å². The molecule has 0 aliphatic heterocycles. The molecule has 58 heavy (non-hydrogen) atoms. The number of benzene rings is 8. The van der Waals surface area contributed by atoms with E-state index in [4.69, 9.17) is 9.97 Å². The molecule has 3 aromatic heterocycles. The van der Waals surface area contributed by atoms with Crippen LogP contribution in [0.5, 0.6) is 0 Å². The summed E-state index contributed by atoms with van der Waals surface area (Å²) in [5.74, 6) is 0.552. The van der Waals surface area contributed by atoms with Crippen LogP contribution in [0.15, 0.2) is 200 Å². The summed E-state index contributed by atoms with van der Waals surface area (Å²) < 4.78 is 4.50. The lowest BCUT2D eigenvalue weighted by molar-refractivity contribution is 0.995. The maximum absolute atomic E-state index is 10.0. The van der Waals surface area contributed by atoms with Gasteiger partial charge < -0.3 is 4.57 Å². The fraction of sp³-hybridized carbons (Fsp3) is 0. The normalized spacial score (nSPS) is 11.4. The summed E-state index contributed by atoms with van der Waals surface area (Å²) >= 11 is 0. The third-order valence-corrected chi connectivity index (χ3v) is 11.2. The molecule has 0 radical (unpaired) electrons. The van der Waals surface area contributed by atoms with Crippen molar-refractivity contribution in [3.05, 3.63) is 206 Å². The third kappa shape index (κ3) is 5.47. The Morgan fingerprint density at radius 3 is 1.48 bits per heavy atom. The van der Waals surface area contributed by atoms with Crippen molar-refractivity contribution in [1.82, 2.24) is 19.1 Å². The van der Waals surface area contributed by atoms with Crippen LogP contribution >= 0.6 is 0 Å². The van der Waals surface area contributed by atoms with Crippen LogP contribution in [0.25, 0.3) is 100 Å². The standard InChI is InChI=1S/C53H33N5/c54-34-40-15-7-8-18-42(40)48-33-47(37-13-3-1-4-14-37)55-53(56-48)58-50-22-12-10-20-44(50)46-32-39(28-30-52(46)58)36-25-23-35(24-26-36)38-27-29-51-45(31-38)43-19-9-11-21-49(43)57(51)41-16-5-2-6-17-41/h1-33H. The second-order valence-electron chi connectivity index (χ2n) is 14.5. The van der Waals surface area contributed by atoms with Gasteiger partial charge in [0.25, 0.3) is 0 Å². The van der Waals surface area contributed by atoms with Crippen LogP contribution in [-0.2, 0) is 0 Å². The number of para-hydroxylation sites is 3. The zero-order chi connectivity index (χ0) is 38.6. The van der Waals surface area contributed by atoms with Crippen molar-refractivity contribution < 1.29 is 0 Å². The van der Waals surface area contributed by atoms with Crippen LogP contribution in [0.3, 0.4) is 0 Å². The Bertz CT molecular complexity index is 3390. The summed E-state index contributed by atoms with van der Waals surface area (Å²) in [6.45, 7) is 0. The molecule has 5 nitrogen and oxygen atoms in total. The molecule has 8 aromatic carbocycles. The molecule has 0 N–H and O–H groups in total. The van der Waals surface area contributed by atoms with Gasteiger partial charge in [-0.05, 0) is 82.9 Å². The smallest absolute Gasteiger partial charge is 0.235 e. The molecule has 0 saturated carbocycles. The number of rotatable bonds is 6. The van der Waals surface area contributed by atoms with Gasteiger partial charge in [0.2, 0.25) is 5.95 Å². The maximum atomic E-state index is 10.0. The van der Waals surface area contributed by atoms with E-state index in [0.717, 1.165) is 55.4 Å². The third-order valence-electron chi connectivity index (χ3n) is 11.2. The van der Waals surface area contributed by atoms with E-state index in [0.29, 0.717) is 17.2 Å². The lowest BCUT2D eigenvalue weighted by Gasteiger charge is -2.12. The van der Waals surface area contributed by atoms with Gasteiger partial charge in [-0.3, -0.25) is 4.57 Å². The highest BCUT2D eigenvalue weighted by Gasteiger charge is 2.19. The molecular formula is C53H33N5. The average Bonchev–Trinajstić information content (AvgIpc) is 3.82. The minimum atomic E-state index is 0.552. The Hall–Kier alpha value is -8.07. The van der Waals surface area contributed by atoms with Crippen LogP contribution in [-0.4, -0.2) is 19.1 Å². The molecule has 0 saturated heterocycles. The van der Waals surface area contributed by atoms with E-state index in [1.165, 1.54) is 32.9 Å². The van der Waals surface area contributed by atoms with Gasteiger partial charge in [0.15, 0.2) is 0 Å². The molecule has 0 spiro atoms. The number of nitriles is 1. The van der Waals surface area contributed by atoms with E-state index in [1.807, 2.05) is 48.5 Å². The van der Waals surface area contributed by atoms with Gasteiger partial charge in [0, 0.05) is 38.4 Å².